The molecule has 0 fully saturated rings. The molecule has 45 heavy (non-hydrogen) atoms. The molecule has 0 aliphatic rings. The van der Waals surface area contributed by atoms with Crippen molar-refractivity contribution >= 4 is 62.1 Å². The summed E-state index contributed by atoms with van der Waals surface area (Å²) in [6.45, 7) is 2.37. The van der Waals surface area contributed by atoms with E-state index in [1.807, 2.05) is 61.5 Å². The van der Waals surface area contributed by atoms with Gasteiger partial charge in [0.15, 0.2) is 5.82 Å². The van der Waals surface area contributed by atoms with E-state index in [1.54, 1.807) is 44.8 Å². The summed E-state index contributed by atoms with van der Waals surface area (Å²) in [6.07, 6.45) is 3.29. The third-order valence-corrected chi connectivity index (χ3v) is 7.88. The first kappa shape index (κ1) is 29.7. The molecule has 6 rings (SSSR count). The average molecular weight is 622 g/mol. The van der Waals surface area contributed by atoms with Crippen molar-refractivity contribution in [3.05, 3.63) is 119 Å². The van der Waals surface area contributed by atoms with Crippen LogP contribution < -0.4 is 25.4 Å². The van der Waals surface area contributed by atoms with Gasteiger partial charge in [0.05, 0.1) is 30.6 Å². The first-order valence-corrected chi connectivity index (χ1v) is 14.5. The summed E-state index contributed by atoms with van der Waals surface area (Å²) < 4.78 is 25.5. The molecule has 4 aromatic carbocycles. The van der Waals surface area contributed by atoms with Gasteiger partial charge in [-0.1, -0.05) is 41.9 Å². The second-order valence-electron chi connectivity index (χ2n) is 10.3. The molecule has 0 aliphatic carbocycles. The van der Waals surface area contributed by atoms with Gasteiger partial charge in [-0.3, -0.25) is 4.79 Å². The van der Waals surface area contributed by atoms with E-state index >= 15 is 0 Å². The van der Waals surface area contributed by atoms with Crippen molar-refractivity contribution < 1.29 is 18.7 Å². The lowest BCUT2D eigenvalue weighted by Gasteiger charge is -2.16. The Balaban J connectivity index is 1.30. The number of halogens is 2. The van der Waals surface area contributed by atoms with Crippen molar-refractivity contribution in [3.63, 3.8) is 0 Å². The maximum Gasteiger partial charge on any atom is 0.256 e. The number of hydrogen-bond donors (Lipinski definition) is 3. The number of nitrogens with zero attached hydrogens (tertiary/aromatic N) is 2. The van der Waals surface area contributed by atoms with Gasteiger partial charge in [0.2, 0.25) is 0 Å². The highest BCUT2D eigenvalue weighted by Crippen LogP contribution is 2.34. The van der Waals surface area contributed by atoms with Crippen LogP contribution in [0.4, 0.5) is 27.4 Å². The van der Waals surface area contributed by atoms with Crippen LogP contribution in [0.25, 0.3) is 21.5 Å². The third-order valence-electron chi connectivity index (χ3n) is 7.59. The normalized spacial score (nSPS) is 11.0. The maximum atomic E-state index is 14.6. The van der Waals surface area contributed by atoms with Gasteiger partial charge >= 0.3 is 0 Å². The number of pyridine rings is 2. The number of aromatic nitrogens is 2. The number of ether oxygens (including phenoxy) is 2. The Hall–Kier alpha value is -5.41. The Bertz CT molecular complexity index is 2070. The first-order valence-electron chi connectivity index (χ1n) is 14.1. The van der Waals surface area contributed by atoms with Crippen LogP contribution in [0.5, 0.6) is 11.5 Å². The van der Waals surface area contributed by atoms with Gasteiger partial charge in [-0.05, 0) is 60.3 Å². The summed E-state index contributed by atoms with van der Waals surface area (Å²) in [5.41, 5.74) is 3.11. The van der Waals surface area contributed by atoms with E-state index in [0.717, 1.165) is 27.3 Å². The molecule has 0 radical (unpaired) electrons. The lowest BCUT2D eigenvalue weighted by Crippen LogP contribution is -2.14. The Morgan fingerprint density at radius 1 is 0.844 bits per heavy atom. The van der Waals surface area contributed by atoms with Gasteiger partial charge in [-0.2, -0.15) is 0 Å². The van der Waals surface area contributed by atoms with Gasteiger partial charge in [0, 0.05) is 52.3 Å². The number of rotatable bonds is 9. The van der Waals surface area contributed by atoms with Crippen molar-refractivity contribution in [2.75, 3.05) is 30.2 Å². The molecule has 0 atom stereocenters. The number of nitrogens with one attached hydrogen (secondary N) is 3. The highest BCUT2D eigenvalue weighted by Gasteiger charge is 2.17. The molecule has 2 heterocycles. The van der Waals surface area contributed by atoms with E-state index in [0.29, 0.717) is 46.3 Å². The summed E-state index contributed by atoms with van der Waals surface area (Å²) in [5, 5.41) is 12.6. The third kappa shape index (κ3) is 5.90. The number of fused-ring (bicyclic) bond motifs is 2. The Labute approximate surface area is 264 Å². The minimum Gasteiger partial charge on any atom is -0.497 e. The molecule has 0 saturated carbocycles. The van der Waals surface area contributed by atoms with Gasteiger partial charge in [0.25, 0.3) is 5.91 Å². The molecule has 0 saturated heterocycles. The average Bonchev–Trinajstić information content (AvgIpc) is 3.06. The highest BCUT2D eigenvalue weighted by molar-refractivity contribution is 6.31. The minimum absolute atomic E-state index is 0.00753. The van der Waals surface area contributed by atoms with E-state index in [2.05, 4.69) is 25.9 Å². The molecule has 0 aliphatic heterocycles. The quantitative estimate of drug-likeness (QED) is 0.149. The zero-order chi connectivity index (χ0) is 31.5. The number of carbonyl (C=O) groups is 1. The van der Waals surface area contributed by atoms with Gasteiger partial charge < -0.3 is 25.4 Å². The molecule has 2 aromatic heterocycles. The van der Waals surface area contributed by atoms with Crippen molar-refractivity contribution in [2.24, 2.45) is 0 Å². The van der Waals surface area contributed by atoms with E-state index in [1.165, 1.54) is 6.07 Å². The molecule has 226 valence electrons. The maximum absolute atomic E-state index is 14.6. The fourth-order valence-electron chi connectivity index (χ4n) is 5.26. The van der Waals surface area contributed by atoms with Crippen LogP contribution in [0.15, 0.2) is 91.3 Å². The smallest absolute Gasteiger partial charge is 0.256 e. The second kappa shape index (κ2) is 12.7. The van der Waals surface area contributed by atoms with Crippen molar-refractivity contribution in [2.45, 2.75) is 13.5 Å². The fraction of sp³-hybridized carbons (Fsp3) is 0.114. The largest absolute Gasteiger partial charge is 0.497 e. The van der Waals surface area contributed by atoms with Gasteiger partial charge in [0.1, 0.15) is 23.1 Å². The highest BCUT2D eigenvalue weighted by atomic mass is 35.5. The van der Waals surface area contributed by atoms with Crippen LogP contribution in [0.1, 0.15) is 21.5 Å². The zero-order valence-corrected chi connectivity index (χ0v) is 25.5. The molecular formula is C35H29ClFN5O3. The SMILES string of the molecule is COc1ccc(CNc2nccc3c(C(=O)Nc4c(C)ccc5c(Nc6cccc(Cl)c6F)nccc45)cccc23)c(OC)c1. The standard InChI is InChI=1S/C35H29ClFN5O3/c1-20-10-13-26-24(15-17-39-34(26)41-29-9-5-8-28(36)31(29)37)32(20)42-35(43)27-7-4-6-25-23(27)14-16-38-33(25)40-19-21-11-12-22(44-2)18-30(21)45-3/h4-18H,19H2,1-3H3,(H,38,40)(H,39,41)(H,42,43). The monoisotopic (exact) mass is 621 g/mol. The molecule has 0 spiro atoms. The van der Waals surface area contributed by atoms with E-state index < -0.39 is 5.82 Å². The number of carbonyl (C=O) groups excluding carboxylic acids is 1. The van der Waals surface area contributed by atoms with E-state index in [9.17, 15) is 9.18 Å². The van der Waals surface area contributed by atoms with Crippen LogP contribution >= 0.6 is 11.6 Å². The number of amides is 1. The van der Waals surface area contributed by atoms with E-state index in [4.69, 9.17) is 21.1 Å². The molecule has 8 nitrogen and oxygen atoms in total. The molecule has 6 aromatic rings. The lowest BCUT2D eigenvalue weighted by atomic mass is 10.0. The Kier molecular flexibility index (Phi) is 8.35. The summed E-state index contributed by atoms with van der Waals surface area (Å²) in [5.74, 6) is 1.62. The fourth-order valence-corrected chi connectivity index (χ4v) is 5.44. The number of aryl methyl sites for hydroxylation is 1. The van der Waals surface area contributed by atoms with Gasteiger partial charge in [-0.25, -0.2) is 14.4 Å². The number of benzene rings is 4. The molecule has 10 heteroatoms. The summed E-state index contributed by atoms with van der Waals surface area (Å²) in [7, 11) is 3.22. The van der Waals surface area contributed by atoms with Gasteiger partial charge in [-0.15, -0.1) is 0 Å². The summed E-state index contributed by atoms with van der Waals surface area (Å²) in [4.78, 5) is 22.8. The number of hydrogen-bond acceptors (Lipinski definition) is 7. The molecule has 0 unspecified atom stereocenters. The Morgan fingerprint density at radius 3 is 2.40 bits per heavy atom. The van der Waals surface area contributed by atoms with Crippen LogP contribution in [0.2, 0.25) is 5.02 Å². The molecule has 0 bridgehead atoms. The molecule has 1 amide bonds. The summed E-state index contributed by atoms with van der Waals surface area (Å²) in [6, 6.07) is 23.3. The van der Waals surface area contributed by atoms with Crippen LogP contribution in [-0.4, -0.2) is 30.1 Å². The first-order chi connectivity index (χ1) is 21.9. The van der Waals surface area contributed by atoms with Crippen LogP contribution in [0, 0.1) is 12.7 Å². The van der Waals surface area contributed by atoms with E-state index in [-0.39, 0.29) is 16.6 Å². The predicted molar refractivity (Wildman–Crippen MR) is 178 cm³/mol. The van der Waals surface area contributed by atoms with Crippen LogP contribution in [-0.2, 0) is 6.54 Å². The predicted octanol–water partition coefficient (Wildman–Crippen LogP) is 8.51. The number of anilines is 4. The van der Waals surface area contributed by atoms with Crippen molar-refractivity contribution in [1.82, 2.24) is 9.97 Å². The van der Waals surface area contributed by atoms with Crippen molar-refractivity contribution in [3.8, 4) is 11.5 Å². The molecular weight excluding hydrogens is 593 g/mol. The summed E-state index contributed by atoms with van der Waals surface area (Å²) >= 11 is 5.98. The number of methoxy groups -OCH3 is 2. The minimum atomic E-state index is -0.568. The van der Waals surface area contributed by atoms with Crippen LogP contribution in [0.3, 0.4) is 0 Å². The second-order valence-corrected chi connectivity index (χ2v) is 10.7. The Morgan fingerprint density at radius 2 is 1.60 bits per heavy atom. The van der Waals surface area contributed by atoms with Crippen molar-refractivity contribution in [1.29, 1.82) is 0 Å². The topological polar surface area (TPSA) is 97.4 Å². The molecule has 3 N–H and O–H groups in total. The zero-order valence-electron chi connectivity index (χ0n) is 24.7. The lowest BCUT2D eigenvalue weighted by molar-refractivity contribution is 0.102.